The molecule has 0 atom stereocenters. The summed E-state index contributed by atoms with van der Waals surface area (Å²) >= 11 is 3.25. The van der Waals surface area contributed by atoms with Crippen molar-refractivity contribution < 1.29 is 13.9 Å². The molecule has 0 radical (unpaired) electrons. The van der Waals surface area contributed by atoms with E-state index in [0.717, 1.165) is 0 Å². The van der Waals surface area contributed by atoms with Crippen molar-refractivity contribution in [3.8, 4) is 0 Å². The van der Waals surface area contributed by atoms with E-state index in [4.69, 9.17) is 9.15 Å². The Kier molecular flexibility index (Phi) is 5.07. The summed E-state index contributed by atoms with van der Waals surface area (Å²) in [6.07, 6.45) is 0. The number of hydrogen-bond donors (Lipinski definition) is 2. The third kappa shape index (κ3) is 3.90. The summed E-state index contributed by atoms with van der Waals surface area (Å²) < 4.78 is 11.2. The molecule has 7 nitrogen and oxygen atoms in total. The minimum absolute atomic E-state index is 0.298. The van der Waals surface area contributed by atoms with Crippen molar-refractivity contribution in [3.05, 3.63) is 46.7 Å². The van der Waals surface area contributed by atoms with E-state index in [9.17, 15) is 4.79 Å². The van der Waals surface area contributed by atoms with Crippen LogP contribution in [0.1, 0.15) is 10.5 Å². The number of nitrogens with zero attached hydrogens (tertiary/aromatic N) is 2. The number of hydrogen-bond acceptors (Lipinski definition) is 6. The molecule has 1 aromatic carbocycles. The number of ether oxygens (including phenoxy) is 1. The van der Waals surface area contributed by atoms with Crippen molar-refractivity contribution in [3.63, 3.8) is 0 Å². The Bertz CT molecular complexity index is 865. The van der Waals surface area contributed by atoms with Crippen molar-refractivity contribution in [1.82, 2.24) is 9.97 Å². The molecule has 0 aliphatic heterocycles. The van der Waals surface area contributed by atoms with Gasteiger partial charge >= 0.3 is 0 Å². The number of carbonyl (C=O) groups excluding carboxylic acids is 1. The van der Waals surface area contributed by atoms with Crippen LogP contribution in [0.3, 0.4) is 0 Å². The van der Waals surface area contributed by atoms with Gasteiger partial charge in [0.15, 0.2) is 5.58 Å². The zero-order chi connectivity index (χ0) is 16.9. The Labute approximate surface area is 146 Å². The normalized spacial score (nSPS) is 10.8. The fourth-order valence-corrected chi connectivity index (χ4v) is 2.41. The number of rotatable bonds is 6. The number of anilines is 2. The lowest BCUT2D eigenvalue weighted by Gasteiger charge is -2.04. The van der Waals surface area contributed by atoms with E-state index in [1.54, 1.807) is 43.5 Å². The SMILES string of the molecule is COCCNc1nc2ccc(NC(=O)c3cccc(Br)n3)cc2o1. The Hall–Kier alpha value is -2.45. The molecule has 0 spiro atoms. The topological polar surface area (TPSA) is 89.3 Å². The van der Waals surface area contributed by atoms with Crippen LogP contribution in [0.25, 0.3) is 11.1 Å². The summed E-state index contributed by atoms with van der Waals surface area (Å²) in [6, 6.07) is 10.8. The van der Waals surface area contributed by atoms with Crippen LogP contribution in [0.15, 0.2) is 45.4 Å². The molecule has 0 fully saturated rings. The fraction of sp³-hybridized carbons (Fsp3) is 0.188. The van der Waals surface area contributed by atoms with Crippen molar-refractivity contribution in [2.75, 3.05) is 30.9 Å². The molecule has 8 heteroatoms. The van der Waals surface area contributed by atoms with Crippen molar-refractivity contribution in [2.45, 2.75) is 0 Å². The number of benzene rings is 1. The van der Waals surface area contributed by atoms with Gasteiger partial charge in [0.05, 0.1) is 6.61 Å². The molecule has 2 N–H and O–H groups in total. The number of fused-ring (bicyclic) bond motifs is 1. The van der Waals surface area contributed by atoms with Gasteiger partial charge in [0.1, 0.15) is 15.8 Å². The molecule has 24 heavy (non-hydrogen) atoms. The first kappa shape index (κ1) is 16.4. The molecule has 3 rings (SSSR count). The highest BCUT2D eigenvalue weighted by atomic mass is 79.9. The fourth-order valence-electron chi connectivity index (χ4n) is 2.07. The minimum Gasteiger partial charge on any atom is -0.423 e. The number of carbonyl (C=O) groups is 1. The number of methoxy groups -OCH3 is 1. The average Bonchev–Trinajstić information content (AvgIpc) is 2.97. The maximum absolute atomic E-state index is 12.2. The predicted octanol–water partition coefficient (Wildman–Crippen LogP) is 3.30. The molecule has 2 heterocycles. The van der Waals surface area contributed by atoms with Crippen LogP contribution in [0.4, 0.5) is 11.7 Å². The Morgan fingerprint density at radius 2 is 2.17 bits per heavy atom. The molecular weight excluding hydrogens is 376 g/mol. The van der Waals surface area contributed by atoms with Crippen LogP contribution in [0.5, 0.6) is 0 Å². The maximum atomic E-state index is 12.2. The van der Waals surface area contributed by atoms with E-state index in [1.807, 2.05) is 0 Å². The smallest absolute Gasteiger partial charge is 0.295 e. The lowest BCUT2D eigenvalue weighted by molar-refractivity contribution is 0.102. The summed E-state index contributed by atoms with van der Waals surface area (Å²) in [7, 11) is 1.63. The highest BCUT2D eigenvalue weighted by Gasteiger charge is 2.10. The molecular formula is C16H15BrN4O3. The summed E-state index contributed by atoms with van der Waals surface area (Å²) in [6.45, 7) is 1.15. The molecule has 0 aliphatic carbocycles. The first-order chi connectivity index (χ1) is 11.7. The number of amides is 1. The van der Waals surface area contributed by atoms with Crippen LogP contribution in [-0.4, -0.2) is 36.1 Å². The molecule has 0 aliphatic rings. The number of aromatic nitrogens is 2. The molecule has 124 valence electrons. The van der Waals surface area contributed by atoms with Gasteiger partial charge in [0.25, 0.3) is 11.9 Å². The second-order valence-electron chi connectivity index (χ2n) is 4.92. The largest absolute Gasteiger partial charge is 0.423 e. The van der Waals surface area contributed by atoms with Gasteiger partial charge in [-0.25, -0.2) is 4.98 Å². The molecule has 3 aromatic rings. The predicted molar refractivity (Wildman–Crippen MR) is 94.3 cm³/mol. The molecule has 0 saturated carbocycles. The first-order valence-electron chi connectivity index (χ1n) is 7.23. The molecule has 0 bridgehead atoms. The van der Waals surface area contributed by atoms with Crippen molar-refractivity contribution >= 4 is 44.6 Å². The van der Waals surface area contributed by atoms with Gasteiger partial charge in [-0.1, -0.05) is 6.07 Å². The Balaban J connectivity index is 1.74. The molecule has 0 unspecified atom stereocenters. The first-order valence-corrected chi connectivity index (χ1v) is 8.02. The van der Waals surface area contributed by atoms with Crippen molar-refractivity contribution in [2.24, 2.45) is 0 Å². The molecule has 1 amide bonds. The van der Waals surface area contributed by atoms with Crippen LogP contribution in [0, 0.1) is 0 Å². The van der Waals surface area contributed by atoms with Gasteiger partial charge < -0.3 is 19.8 Å². The Morgan fingerprint density at radius 1 is 1.29 bits per heavy atom. The average molecular weight is 391 g/mol. The van der Waals surface area contributed by atoms with Gasteiger partial charge in [0.2, 0.25) is 0 Å². The zero-order valence-electron chi connectivity index (χ0n) is 12.9. The number of oxazole rings is 1. The van der Waals surface area contributed by atoms with Crippen LogP contribution < -0.4 is 10.6 Å². The van der Waals surface area contributed by atoms with Gasteiger partial charge in [-0.2, -0.15) is 4.98 Å². The summed E-state index contributed by atoms with van der Waals surface area (Å²) in [4.78, 5) is 20.6. The summed E-state index contributed by atoms with van der Waals surface area (Å²) in [5.41, 5.74) is 2.21. The van der Waals surface area contributed by atoms with Crippen LogP contribution in [-0.2, 0) is 4.74 Å². The quantitative estimate of drug-likeness (QED) is 0.495. The van der Waals surface area contributed by atoms with Gasteiger partial charge in [-0.3, -0.25) is 4.79 Å². The maximum Gasteiger partial charge on any atom is 0.295 e. The van der Waals surface area contributed by atoms with Crippen LogP contribution >= 0.6 is 15.9 Å². The third-order valence-corrected chi connectivity index (χ3v) is 3.62. The van der Waals surface area contributed by atoms with E-state index < -0.39 is 0 Å². The Morgan fingerprint density at radius 3 is 2.96 bits per heavy atom. The number of pyridine rings is 1. The second kappa shape index (κ2) is 7.41. The minimum atomic E-state index is -0.298. The van der Waals surface area contributed by atoms with Gasteiger partial charge in [0, 0.05) is 25.4 Å². The van der Waals surface area contributed by atoms with Crippen molar-refractivity contribution in [1.29, 1.82) is 0 Å². The number of nitrogens with one attached hydrogen (secondary N) is 2. The lowest BCUT2D eigenvalue weighted by atomic mass is 10.2. The monoisotopic (exact) mass is 390 g/mol. The third-order valence-electron chi connectivity index (χ3n) is 3.18. The van der Waals surface area contributed by atoms with E-state index in [2.05, 4.69) is 36.5 Å². The summed E-state index contributed by atoms with van der Waals surface area (Å²) in [5, 5.41) is 5.81. The van der Waals surface area contributed by atoms with E-state index >= 15 is 0 Å². The van der Waals surface area contributed by atoms with Gasteiger partial charge in [-0.15, -0.1) is 0 Å². The summed E-state index contributed by atoms with van der Waals surface area (Å²) in [5.74, 6) is -0.298. The van der Waals surface area contributed by atoms with Crippen LogP contribution in [0.2, 0.25) is 0 Å². The second-order valence-corrected chi connectivity index (χ2v) is 5.73. The van der Waals surface area contributed by atoms with Gasteiger partial charge in [-0.05, 0) is 40.2 Å². The molecule has 2 aromatic heterocycles. The lowest BCUT2D eigenvalue weighted by Crippen LogP contribution is -2.13. The number of halogens is 1. The highest BCUT2D eigenvalue weighted by molar-refractivity contribution is 9.10. The van der Waals surface area contributed by atoms with E-state index in [0.29, 0.717) is 46.3 Å². The van der Waals surface area contributed by atoms with E-state index in [-0.39, 0.29) is 5.91 Å². The standard InChI is InChI=1S/C16H15BrN4O3/c1-23-8-7-18-16-21-11-6-5-10(9-13(11)24-16)19-15(22)12-3-2-4-14(17)20-12/h2-6,9H,7-8H2,1H3,(H,18,21)(H,19,22). The molecule has 0 saturated heterocycles. The zero-order valence-corrected chi connectivity index (χ0v) is 14.5. The highest BCUT2D eigenvalue weighted by Crippen LogP contribution is 2.22. The van der Waals surface area contributed by atoms with E-state index in [1.165, 1.54) is 0 Å².